The van der Waals surface area contributed by atoms with E-state index in [0.29, 0.717) is 11.6 Å². The number of methoxy groups -OCH3 is 1. The first-order valence-electron chi connectivity index (χ1n) is 6.25. The van der Waals surface area contributed by atoms with Crippen LogP contribution >= 0.6 is 0 Å². The molecule has 0 aliphatic rings. The van der Waals surface area contributed by atoms with Crippen LogP contribution < -0.4 is 10.1 Å². The van der Waals surface area contributed by atoms with E-state index in [0.717, 1.165) is 29.3 Å². The third-order valence-corrected chi connectivity index (χ3v) is 2.82. The Morgan fingerprint density at radius 3 is 2.68 bits per heavy atom. The largest absolute Gasteiger partial charge is 0.494 e. The fraction of sp³-hybridized carbons (Fsp3) is 0.357. The molecule has 0 aliphatic carbocycles. The maximum Gasteiger partial charge on any atom is 0.146 e. The Morgan fingerprint density at radius 2 is 2.00 bits per heavy atom. The van der Waals surface area contributed by atoms with Crippen LogP contribution in [0.3, 0.4) is 0 Å². The van der Waals surface area contributed by atoms with Crippen LogP contribution in [0.5, 0.6) is 5.75 Å². The molecule has 0 fully saturated rings. The Hall–Kier alpha value is -2.17. The highest BCUT2D eigenvalue weighted by Gasteiger charge is 2.15. The lowest BCUT2D eigenvalue weighted by Crippen LogP contribution is -2.07. The molecule has 2 heterocycles. The van der Waals surface area contributed by atoms with Crippen molar-refractivity contribution in [3.63, 3.8) is 0 Å². The van der Waals surface area contributed by atoms with Crippen LogP contribution in [0.4, 0.5) is 5.82 Å². The van der Waals surface area contributed by atoms with Gasteiger partial charge in [-0.25, -0.2) is 9.97 Å². The maximum absolute atomic E-state index is 5.35. The smallest absolute Gasteiger partial charge is 0.146 e. The molecule has 1 N–H and O–H groups in total. The molecule has 5 nitrogen and oxygen atoms in total. The summed E-state index contributed by atoms with van der Waals surface area (Å²) in [6.07, 6.45) is 1.74. The van der Waals surface area contributed by atoms with E-state index >= 15 is 0 Å². The van der Waals surface area contributed by atoms with Gasteiger partial charge in [0.2, 0.25) is 0 Å². The standard InChI is InChI=1S/C14H18N4O/c1-5-15-14-9(2)12(17-10(3)18-14)13-11(19-4)7-6-8-16-13/h6-8H,5H2,1-4H3,(H,15,17,18). The Morgan fingerprint density at radius 1 is 1.21 bits per heavy atom. The van der Waals surface area contributed by atoms with E-state index in [9.17, 15) is 0 Å². The summed E-state index contributed by atoms with van der Waals surface area (Å²) < 4.78 is 5.35. The minimum absolute atomic E-state index is 0.712. The Bertz CT molecular complexity index is 584. The molecule has 5 heteroatoms. The number of aromatic nitrogens is 3. The SMILES string of the molecule is CCNc1nc(C)nc(-c2ncccc2OC)c1C. The quantitative estimate of drug-likeness (QED) is 0.913. The average molecular weight is 258 g/mol. The maximum atomic E-state index is 5.35. The first-order chi connectivity index (χ1) is 9.17. The zero-order valence-corrected chi connectivity index (χ0v) is 11.7. The molecular formula is C14H18N4O. The highest BCUT2D eigenvalue weighted by molar-refractivity contribution is 5.69. The van der Waals surface area contributed by atoms with E-state index in [-0.39, 0.29) is 0 Å². The van der Waals surface area contributed by atoms with Crippen molar-refractivity contribution >= 4 is 5.82 Å². The van der Waals surface area contributed by atoms with Gasteiger partial charge < -0.3 is 10.1 Å². The normalized spacial score (nSPS) is 10.3. The summed E-state index contributed by atoms with van der Waals surface area (Å²) >= 11 is 0. The minimum atomic E-state index is 0.712. The molecule has 0 saturated carbocycles. The van der Waals surface area contributed by atoms with Crippen molar-refractivity contribution in [1.29, 1.82) is 0 Å². The van der Waals surface area contributed by atoms with Crippen LogP contribution in [0.15, 0.2) is 18.3 Å². The number of pyridine rings is 1. The Labute approximate surface area is 113 Å². The second-order valence-corrected chi connectivity index (χ2v) is 4.18. The summed E-state index contributed by atoms with van der Waals surface area (Å²) in [6.45, 7) is 6.72. The van der Waals surface area contributed by atoms with E-state index in [4.69, 9.17) is 4.74 Å². The van der Waals surface area contributed by atoms with Gasteiger partial charge in [0.25, 0.3) is 0 Å². The van der Waals surface area contributed by atoms with E-state index in [1.54, 1.807) is 13.3 Å². The highest BCUT2D eigenvalue weighted by atomic mass is 16.5. The Balaban J connectivity index is 2.61. The predicted octanol–water partition coefficient (Wildman–Crippen LogP) is 2.60. The monoisotopic (exact) mass is 258 g/mol. The number of rotatable bonds is 4. The van der Waals surface area contributed by atoms with Gasteiger partial charge in [0, 0.05) is 18.3 Å². The molecule has 0 radical (unpaired) electrons. The van der Waals surface area contributed by atoms with Gasteiger partial charge in [-0.1, -0.05) is 0 Å². The van der Waals surface area contributed by atoms with E-state index < -0.39 is 0 Å². The zero-order valence-electron chi connectivity index (χ0n) is 11.7. The van der Waals surface area contributed by atoms with Crippen LogP contribution in [0.2, 0.25) is 0 Å². The first kappa shape index (κ1) is 13.3. The third-order valence-electron chi connectivity index (χ3n) is 2.82. The molecule has 0 aliphatic heterocycles. The van der Waals surface area contributed by atoms with E-state index in [1.165, 1.54) is 0 Å². The molecule has 2 rings (SSSR count). The molecule has 0 unspecified atom stereocenters. The number of hydrogen-bond donors (Lipinski definition) is 1. The summed E-state index contributed by atoms with van der Waals surface area (Å²) in [5.74, 6) is 2.27. The summed E-state index contributed by atoms with van der Waals surface area (Å²) in [5.41, 5.74) is 2.53. The molecule has 0 amide bonds. The molecule has 0 atom stereocenters. The van der Waals surface area contributed by atoms with Gasteiger partial charge in [-0.15, -0.1) is 0 Å². The van der Waals surface area contributed by atoms with Gasteiger partial charge in [0.15, 0.2) is 0 Å². The lowest BCUT2D eigenvalue weighted by atomic mass is 10.1. The molecule has 19 heavy (non-hydrogen) atoms. The molecule has 0 saturated heterocycles. The number of anilines is 1. The number of aryl methyl sites for hydroxylation is 1. The van der Waals surface area contributed by atoms with E-state index in [2.05, 4.69) is 20.3 Å². The topological polar surface area (TPSA) is 59.9 Å². The van der Waals surface area contributed by atoms with E-state index in [1.807, 2.05) is 32.9 Å². The van der Waals surface area contributed by atoms with Gasteiger partial charge in [0.05, 0.1) is 7.11 Å². The van der Waals surface area contributed by atoms with Crippen molar-refractivity contribution in [2.45, 2.75) is 20.8 Å². The number of ether oxygens (including phenoxy) is 1. The zero-order chi connectivity index (χ0) is 13.8. The van der Waals surface area contributed by atoms with Crippen molar-refractivity contribution in [3.8, 4) is 17.1 Å². The summed E-state index contributed by atoms with van der Waals surface area (Å²) in [4.78, 5) is 13.3. The van der Waals surface area contributed by atoms with Gasteiger partial charge in [-0.3, -0.25) is 4.98 Å². The second kappa shape index (κ2) is 5.65. The highest BCUT2D eigenvalue weighted by Crippen LogP contribution is 2.30. The molecule has 2 aromatic rings. The fourth-order valence-corrected chi connectivity index (χ4v) is 1.93. The Kier molecular flexibility index (Phi) is 3.94. The summed E-state index contributed by atoms with van der Waals surface area (Å²) in [5, 5.41) is 3.24. The average Bonchev–Trinajstić information content (AvgIpc) is 2.42. The van der Waals surface area contributed by atoms with Crippen LogP contribution in [-0.4, -0.2) is 28.6 Å². The lowest BCUT2D eigenvalue weighted by molar-refractivity contribution is 0.414. The van der Waals surface area contributed by atoms with Crippen molar-refractivity contribution in [3.05, 3.63) is 29.7 Å². The summed E-state index contributed by atoms with van der Waals surface area (Å²) in [7, 11) is 1.63. The number of hydrogen-bond acceptors (Lipinski definition) is 5. The van der Waals surface area contributed by atoms with Crippen molar-refractivity contribution in [2.24, 2.45) is 0 Å². The number of nitrogens with zero attached hydrogens (tertiary/aromatic N) is 3. The molecule has 100 valence electrons. The first-order valence-corrected chi connectivity index (χ1v) is 6.25. The predicted molar refractivity (Wildman–Crippen MR) is 75.5 cm³/mol. The molecule has 0 bridgehead atoms. The molecule has 2 aromatic heterocycles. The van der Waals surface area contributed by atoms with Crippen molar-refractivity contribution in [1.82, 2.24) is 15.0 Å². The van der Waals surface area contributed by atoms with Crippen LogP contribution in [-0.2, 0) is 0 Å². The number of nitrogens with one attached hydrogen (secondary N) is 1. The van der Waals surface area contributed by atoms with Gasteiger partial charge in [0.1, 0.15) is 28.8 Å². The molecular weight excluding hydrogens is 240 g/mol. The minimum Gasteiger partial charge on any atom is -0.494 e. The van der Waals surface area contributed by atoms with Crippen molar-refractivity contribution in [2.75, 3.05) is 19.0 Å². The molecule has 0 aromatic carbocycles. The van der Waals surface area contributed by atoms with Gasteiger partial charge >= 0.3 is 0 Å². The summed E-state index contributed by atoms with van der Waals surface area (Å²) in [6, 6.07) is 3.73. The lowest BCUT2D eigenvalue weighted by Gasteiger charge is -2.13. The van der Waals surface area contributed by atoms with Crippen LogP contribution in [0.1, 0.15) is 18.3 Å². The third kappa shape index (κ3) is 2.65. The van der Waals surface area contributed by atoms with Gasteiger partial charge in [-0.05, 0) is 32.9 Å². The van der Waals surface area contributed by atoms with Gasteiger partial charge in [-0.2, -0.15) is 0 Å². The second-order valence-electron chi connectivity index (χ2n) is 4.18. The molecule has 0 spiro atoms. The van der Waals surface area contributed by atoms with Crippen molar-refractivity contribution < 1.29 is 4.74 Å². The fourth-order valence-electron chi connectivity index (χ4n) is 1.93. The van der Waals surface area contributed by atoms with Crippen LogP contribution in [0.25, 0.3) is 11.4 Å². The van der Waals surface area contributed by atoms with Crippen LogP contribution in [0, 0.1) is 13.8 Å².